The van der Waals surface area contributed by atoms with Crippen LogP contribution < -0.4 is 4.74 Å². The summed E-state index contributed by atoms with van der Waals surface area (Å²) in [5.74, 6) is 0.805. The maximum absolute atomic E-state index is 12.0. The molecule has 0 aliphatic carbocycles. The molecule has 0 N–H and O–H groups in total. The maximum atomic E-state index is 12.0. The summed E-state index contributed by atoms with van der Waals surface area (Å²) in [6, 6.07) is 7.70. The fourth-order valence-corrected chi connectivity index (χ4v) is 2.19. The van der Waals surface area contributed by atoms with E-state index in [4.69, 9.17) is 4.42 Å². The number of benzene rings is 1. The van der Waals surface area contributed by atoms with E-state index in [1.54, 1.807) is 18.2 Å². The highest BCUT2D eigenvalue weighted by Crippen LogP contribution is 2.30. The lowest BCUT2D eigenvalue weighted by Crippen LogP contribution is -2.02. The number of aldehydes is 1. The van der Waals surface area contributed by atoms with Crippen molar-refractivity contribution in [1.29, 1.82) is 0 Å². The highest BCUT2D eigenvalue weighted by atomic mass is 127. The predicted octanol–water partition coefficient (Wildman–Crippen LogP) is 3.97. The Kier molecular flexibility index (Phi) is 3.95. The Morgan fingerprint density at radius 3 is 2.61 bits per heavy atom. The second-order valence-electron chi connectivity index (χ2n) is 3.34. The van der Waals surface area contributed by atoms with Crippen molar-refractivity contribution in [1.82, 2.24) is 0 Å². The van der Waals surface area contributed by atoms with Crippen molar-refractivity contribution in [3.8, 4) is 17.1 Å². The van der Waals surface area contributed by atoms with Crippen LogP contribution >= 0.6 is 22.6 Å². The number of hydrogen-bond acceptors (Lipinski definition) is 3. The number of carbonyl (C=O) groups is 1. The molecule has 2 aromatic rings. The second kappa shape index (κ2) is 5.47. The number of ether oxygens (including phenoxy) is 1. The fourth-order valence-electron chi connectivity index (χ4n) is 1.43. The molecule has 0 saturated carbocycles. The lowest BCUT2D eigenvalue weighted by Gasteiger charge is -2.06. The van der Waals surface area contributed by atoms with Gasteiger partial charge in [-0.2, -0.15) is 8.78 Å². The van der Waals surface area contributed by atoms with E-state index in [9.17, 15) is 13.6 Å². The van der Waals surface area contributed by atoms with E-state index in [0.29, 0.717) is 21.2 Å². The third kappa shape index (κ3) is 2.87. The summed E-state index contributed by atoms with van der Waals surface area (Å²) >= 11 is 1.98. The first-order valence-corrected chi connectivity index (χ1v) is 5.98. The number of halogens is 3. The Hall–Kier alpha value is -1.44. The standard InChI is InChI=1S/C12H7F2IO3/c13-12(14)18-7-1-3-9(10(15)5-7)11-4-2-8(6-16)17-11/h1-6,12H. The van der Waals surface area contributed by atoms with Gasteiger partial charge >= 0.3 is 6.61 Å². The molecule has 1 aromatic carbocycles. The Morgan fingerprint density at radius 1 is 1.28 bits per heavy atom. The van der Waals surface area contributed by atoms with E-state index < -0.39 is 6.61 Å². The van der Waals surface area contributed by atoms with Crippen LogP contribution in [0.25, 0.3) is 11.3 Å². The van der Waals surface area contributed by atoms with E-state index >= 15 is 0 Å². The molecule has 0 radical (unpaired) electrons. The van der Waals surface area contributed by atoms with Gasteiger partial charge in [0, 0.05) is 9.13 Å². The summed E-state index contributed by atoms with van der Waals surface area (Å²) in [5.41, 5.74) is 0.713. The summed E-state index contributed by atoms with van der Waals surface area (Å²) < 4.78 is 34.3. The van der Waals surface area contributed by atoms with E-state index in [2.05, 4.69) is 4.74 Å². The highest BCUT2D eigenvalue weighted by Gasteiger charge is 2.11. The number of carbonyl (C=O) groups excluding carboxylic acids is 1. The first kappa shape index (κ1) is 13.0. The third-order valence-corrected chi connectivity index (χ3v) is 3.07. The van der Waals surface area contributed by atoms with Gasteiger partial charge in [0.15, 0.2) is 12.0 Å². The SMILES string of the molecule is O=Cc1ccc(-c2ccc(OC(F)F)cc2I)o1. The van der Waals surface area contributed by atoms with Gasteiger partial charge in [0.05, 0.1) is 0 Å². The van der Waals surface area contributed by atoms with Crippen LogP contribution in [0.4, 0.5) is 8.78 Å². The topological polar surface area (TPSA) is 39.4 Å². The molecule has 0 amide bonds. The van der Waals surface area contributed by atoms with E-state index in [1.807, 2.05) is 22.6 Å². The summed E-state index contributed by atoms with van der Waals surface area (Å²) in [6.45, 7) is -2.85. The lowest BCUT2D eigenvalue weighted by atomic mass is 10.2. The van der Waals surface area contributed by atoms with Crippen LogP contribution in [0.15, 0.2) is 34.7 Å². The number of rotatable bonds is 4. The van der Waals surface area contributed by atoms with Crippen LogP contribution in [0.1, 0.15) is 10.6 Å². The van der Waals surface area contributed by atoms with Gasteiger partial charge in [-0.05, 0) is 52.9 Å². The van der Waals surface area contributed by atoms with Gasteiger partial charge in [0.1, 0.15) is 11.5 Å². The summed E-state index contributed by atoms with van der Waals surface area (Å²) in [6.07, 6.45) is 0.602. The molecule has 94 valence electrons. The summed E-state index contributed by atoms with van der Waals surface area (Å²) in [4.78, 5) is 10.5. The minimum Gasteiger partial charge on any atom is -0.453 e. The molecule has 18 heavy (non-hydrogen) atoms. The minimum absolute atomic E-state index is 0.0836. The zero-order chi connectivity index (χ0) is 13.1. The van der Waals surface area contributed by atoms with E-state index in [0.717, 1.165) is 0 Å². The monoisotopic (exact) mass is 364 g/mol. The van der Waals surface area contributed by atoms with Gasteiger partial charge in [-0.15, -0.1) is 0 Å². The molecule has 0 saturated heterocycles. The van der Waals surface area contributed by atoms with Crippen LogP contribution in [-0.4, -0.2) is 12.9 Å². The first-order chi connectivity index (χ1) is 8.60. The Bertz CT molecular complexity index is 566. The molecular formula is C12H7F2IO3. The largest absolute Gasteiger partial charge is 0.453 e. The van der Waals surface area contributed by atoms with Crippen molar-refractivity contribution >= 4 is 28.9 Å². The van der Waals surface area contributed by atoms with Crippen LogP contribution in [0.2, 0.25) is 0 Å². The van der Waals surface area contributed by atoms with E-state index in [-0.39, 0.29) is 11.5 Å². The zero-order valence-corrected chi connectivity index (χ0v) is 11.1. The molecule has 0 fully saturated rings. The zero-order valence-electron chi connectivity index (χ0n) is 8.90. The quantitative estimate of drug-likeness (QED) is 0.609. The number of hydrogen-bond donors (Lipinski definition) is 0. The lowest BCUT2D eigenvalue weighted by molar-refractivity contribution is -0.0498. The molecule has 0 aliphatic heterocycles. The molecule has 0 bridgehead atoms. The highest BCUT2D eigenvalue weighted by molar-refractivity contribution is 14.1. The Labute approximate surface area is 115 Å². The molecule has 0 unspecified atom stereocenters. The third-order valence-electron chi connectivity index (χ3n) is 2.17. The fraction of sp³-hybridized carbons (Fsp3) is 0.0833. The van der Waals surface area contributed by atoms with Crippen LogP contribution in [0.5, 0.6) is 5.75 Å². The van der Waals surface area contributed by atoms with Gasteiger partial charge < -0.3 is 9.15 Å². The molecule has 1 aromatic heterocycles. The van der Waals surface area contributed by atoms with Crippen LogP contribution in [0.3, 0.4) is 0 Å². The van der Waals surface area contributed by atoms with Crippen molar-refractivity contribution in [3.63, 3.8) is 0 Å². The van der Waals surface area contributed by atoms with Crippen LogP contribution in [0, 0.1) is 3.57 Å². The van der Waals surface area contributed by atoms with Gasteiger partial charge in [-0.25, -0.2) is 0 Å². The molecule has 3 nitrogen and oxygen atoms in total. The predicted molar refractivity (Wildman–Crippen MR) is 68.9 cm³/mol. The molecule has 0 aliphatic rings. The summed E-state index contributed by atoms with van der Waals surface area (Å²) in [5, 5.41) is 0. The Balaban J connectivity index is 2.32. The van der Waals surface area contributed by atoms with Crippen LogP contribution in [-0.2, 0) is 0 Å². The Morgan fingerprint density at radius 2 is 2.06 bits per heavy atom. The van der Waals surface area contributed by atoms with Crippen molar-refractivity contribution in [2.24, 2.45) is 0 Å². The molecule has 2 rings (SSSR count). The normalized spacial score (nSPS) is 10.7. The minimum atomic E-state index is -2.85. The van der Waals surface area contributed by atoms with Crippen molar-refractivity contribution < 1.29 is 22.7 Å². The molecule has 1 heterocycles. The van der Waals surface area contributed by atoms with Gasteiger partial charge in [-0.3, -0.25) is 4.79 Å². The number of alkyl halides is 2. The smallest absolute Gasteiger partial charge is 0.387 e. The maximum Gasteiger partial charge on any atom is 0.387 e. The van der Waals surface area contributed by atoms with Crippen molar-refractivity contribution in [2.75, 3.05) is 0 Å². The molecule has 0 atom stereocenters. The summed E-state index contributed by atoms with van der Waals surface area (Å²) in [7, 11) is 0. The average Bonchev–Trinajstić information content (AvgIpc) is 2.76. The molecular weight excluding hydrogens is 357 g/mol. The molecule has 0 spiro atoms. The second-order valence-corrected chi connectivity index (χ2v) is 4.50. The van der Waals surface area contributed by atoms with Gasteiger partial charge in [0.2, 0.25) is 0 Å². The molecule has 6 heteroatoms. The first-order valence-electron chi connectivity index (χ1n) is 4.90. The van der Waals surface area contributed by atoms with Gasteiger partial charge in [-0.1, -0.05) is 0 Å². The van der Waals surface area contributed by atoms with Crippen molar-refractivity contribution in [3.05, 3.63) is 39.7 Å². The van der Waals surface area contributed by atoms with Gasteiger partial charge in [0.25, 0.3) is 0 Å². The average molecular weight is 364 g/mol. The number of furan rings is 1. The van der Waals surface area contributed by atoms with E-state index in [1.165, 1.54) is 12.1 Å². The van der Waals surface area contributed by atoms with Crippen molar-refractivity contribution in [2.45, 2.75) is 6.61 Å².